The third kappa shape index (κ3) is 4.34. The molecule has 0 radical (unpaired) electrons. The number of hydrogen-bond acceptors (Lipinski definition) is 0. The molecule has 0 amide bonds. The van der Waals surface area contributed by atoms with Gasteiger partial charge in [-0.15, -0.1) is 0 Å². The molecule has 0 heterocycles. The second-order valence-electron chi connectivity index (χ2n) is 20.4. The van der Waals surface area contributed by atoms with Crippen molar-refractivity contribution in [2.24, 2.45) is 0 Å². The van der Waals surface area contributed by atoms with Crippen molar-refractivity contribution in [1.29, 1.82) is 0 Å². The van der Waals surface area contributed by atoms with Crippen LogP contribution in [0.2, 0.25) is 0 Å². The van der Waals surface area contributed by atoms with Crippen molar-refractivity contribution in [3.8, 4) is 44.5 Å². The zero-order valence-electron chi connectivity index (χ0n) is 38.5. The largest absolute Gasteiger partial charge is 0.0622 e. The summed E-state index contributed by atoms with van der Waals surface area (Å²) < 4.78 is 0. The maximum atomic E-state index is 2.51. The SMILES string of the molecule is CC(C)c1c2c(c(C(C)C)c3ccccc13)-c1ccc3c4ccc5c6c(ccc(c7ccc-2c1c73)c46)c1c(-c2ccccc2-c2ccccc2)c2cc3ccccc3c3c4ccccc4c(c51)c23. The Labute approximate surface area is 393 Å². The molecule has 0 N–H and O–H groups in total. The van der Waals surface area contributed by atoms with E-state index >= 15 is 0 Å². The van der Waals surface area contributed by atoms with E-state index < -0.39 is 0 Å². The average molecular weight is 861 g/mol. The van der Waals surface area contributed by atoms with Gasteiger partial charge in [0.25, 0.3) is 0 Å². The Kier molecular flexibility index (Phi) is 7.02. The van der Waals surface area contributed by atoms with Crippen LogP contribution in [0.15, 0.2) is 182 Å². The van der Waals surface area contributed by atoms with Crippen LogP contribution in [0.4, 0.5) is 0 Å². The van der Waals surface area contributed by atoms with Gasteiger partial charge < -0.3 is 0 Å². The van der Waals surface area contributed by atoms with E-state index in [2.05, 4.69) is 210 Å². The van der Waals surface area contributed by atoms with Gasteiger partial charge in [0.15, 0.2) is 0 Å². The summed E-state index contributed by atoms with van der Waals surface area (Å²) in [7, 11) is 0. The maximum absolute atomic E-state index is 2.51. The summed E-state index contributed by atoms with van der Waals surface area (Å²) in [6, 6.07) is 70.0. The van der Waals surface area contributed by atoms with Crippen molar-refractivity contribution in [3.05, 3.63) is 193 Å². The smallest absolute Gasteiger partial charge is 0.000695 e. The molecule has 0 fully saturated rings. The van der Waals surface area contributed by atoms with Crippen LogP contribution in [0.25, 0.3) is 163 Å². The third-order valence-electron chi connectivity index (χ3n) is 16.5. The molecular formula is C68H44. The minimum atomic E-state index is 0.379. The number of hydrogen-bond donors (Lipinski definition) is 0. The van der Waals surface area contributed by atoms with Gasteiger partial charge in [0.1, 0.15) is 0 Å². The Morgan fingerprint density at radius 2 is 0.632 bits per heavy atom. The predicted molar refractivity (Wildman–Crippen MR) is 296 cm³/mol. The minimum absolute atomic E-state index is 0.379. The highest BCUT2D eigenvalue weighted by Crippen LogP contribution is 2.60. The highest BCUT2D eigenvalue weighted by Gasteiger charge is 2.34. The van der Waals surface area contributed by atoms with E-state index in [9.17, 15) is 0 Å². The van der Waals surface area contributed by atoms with Crippen LogP contribution in [-0.4, -0.2) is 0 Å². The first-order chi connectivity index (χ1) is 33.5. The summed E-state index contributed by atoms with van der Waals surface area (Å²) in [4.78, 5) is 0. The summed E-state index contributed by atoms with van der Waals surface area (Å²) in [5.74, 6) is 0.758. The summed E-state index contributed by atoms with van der Waals surface area (Å²) in [6.45, 7) is 9.53. The molecule has 0 aliphatic heterocycles. The van der Waals surface area contributed by atoms with Crippen molar-refractivity contribution >= 4 is 118 Å². The molecule has 15 aromatic carbocycles. The molecule has 0 nitrogen and oxygen atoms in total. The van der Waals surface area contributed by atoms with Gasteiger partial charge in [-0.05, 0) is 192 Å². The lowest BCUT2D eigenvalue weighted by molar-refractivity contribution is 0.864. The van der Waals surface area contributed by atoms with Crippen LogP contribution in [0, 0.1) is 0 Å². The van der Waals surface area contributed by atoms with E-state index in [0.29, 0.717) is 11.8 Å². The molecule has 0 atom stereocenters. The van der Waals surface area contributed by atoms with Crippen LogP contribution in [0.1, 0.15) is 50.7 Å². The van der Waals surface area contributed by atoms with Gasteiger partial charge in [0.2, 0.25) is 0 Å². The third-order valence-corrected chi connectivity index (χ3v) is 16.5. The van der Waals surface area contributed by atoms with Crippen molar-refractivity contribution in [3.63, 3.8) is 0 Å². The Morgan fingerprint density at radius 1 is 0.235 bits per heavy atom. The maximum Gasteiger partial charge on any atom is -0.000695 e. The van der Waals surface area contributed by atoms with E-state index in [1.807, 2.05) is 0 Å². The molecule has 16 rings (SSSR count). The van der Waals surface area contributed by atoms with Crippen molar-refractivity contribution in [2.45, 2.75) is 39.5 Å². The molecule has 1 aliphatic carbocycles. The lowest BCUT2D eigenvalue weighted by atomic mass is 9.80. The van der Waals surface area contributed by atoms with Crippen LogP contribution < -0.4 is 0 Å². The van der Waals surface area contributed by atoms with Gasteiger partial charge in [-0.25, -0.2) is 0 Å². The van der Waals surface area contributed by atoms with Gasteiger partial charge in [-0.3, -0.25) is 0 Å². The standard InChI is InChI=1S/C68H44/c1-35(2)55-42-22-12-13-23-43(42)56(36(3)4)65-51-31-27-47-49-29-33-53-62-52(32-28-48(59(49)62)46-26-30-50(64(55)65)61(51)58(46)47)66-60(41-21-11-10-19-39(41)37-16-6-5-7-17-37)54-34-38-18-8-9-20-40(38)57-44-24-14-15-25-45(44)63(67(53)66)68(54)57/h5-36H,1-4H3. The molecule has 68 heavy (non-hydrogen) atoms. The molecule has 0 spiro atoms. The molecule has 15 aromatic rings. The number of fused-ring (bicyclic) bond motifs is 15. The molecular weight excluding hydrogens is 817 g/mol. The molecule has 0 saturated heterocycles. The van der Waals surface area contributed by atoms with Crippen molar-refractivity contribution < 1.29 is 0 Å². The molecule has 1 aliphatic rings. The van der Waals surface area contributed by atoms with E-state index in [1.165, 1.54) is 174 Å². The van der Waals surface area contributed by atoms with Gasteiger partial charge in [0, 0.05) is 0 Å². The molecule has 0 saturated carbocycles. The fraction of sp³-hybridized carbons (Fsp3) is 0.0882. The van der Waals surface area contributed by atoms with Crippen molar-refractivity contribution in [2.75, 3.05) is 0 Å². The fourth-order valence-electron chi connectivity index (χ4n) is 14.1. The van der Waals surface area contributed by atoms with E-state index in [0.717, 1.165) is 0 Å². The fourth-order valence-corrected chi connectivity index (χ4v) is 14.1. The van der Waals surface area contributed by atoms with E-state index in [4.69, 9.17) is 0 Å². The van der Waals surface area contributed by atoms with Crippen LogP contribution in [-0.2, 0) is 0 Å². The minimum Gasteiger partial charge on any atom is -0.0622 e. The first kappa shape index (κ1) is 37.1. The number of benzene rings is 13. The molecule has 0 heteroatoms. The Hall–Kier alpha value is -8.06. The Morgan fingerprint density at radius 3 is 1.25 bits per heavy atom. The van der Waals surface area contributed by atoms with Crippen molar-refractivity contribution in [1.82, 2.24) is 0 Å². The van der Waals surface area contributed by atoms with E-state index in [-0.39, 0.29) is 0 Å². The average Bonchev–Trinajstić information content (AvgIpc) is 4.02. The van der Waals surface area contributed by atoms with Gasteiger partial charge >= 0.3 is 0 Å². The Bertz CT molecular complexity index is 4590. The highest BCUT2D eigenvalue weighted by molar-refractivity contribution is 6.53. The second kappa shape index (κ2) is 12.9. The molecule has 0 aromatic heterocycles. The van der Waals surface area contributed by atoms with E-state index in [1.54, 1.807) is 0 Å². The lowest BCUT2D eigenvalue weighted by Crippen LogP contribution is -2.01. The highest BCUT2D eigenvalue weighted by atomic mass is 14.4. The zero-order valence-corrected chi connectivity index (χ0v) is 38.5. The lowest BCUT2D eigenvalue weighted by Gasteiger charge is -2.23. The predicted octanol–water partition coefficient (Wildman–Crippen LogP) is 19.9. The number of rotatable bonds is 4. The first-order valence-corrected chi connectivity index (χ1v) is 24.6. The van der Waals surface area contributed by atoms with Crippen LogP contribution >= 0.6 is 0 Å². The Balaban J connectivity index is 1.11. The normalized spacial score (nSPS) is 13.0. The second-order valence-corrected chi connectivity index (χ2v) is 20.4. The van der Waals surface area contributed by atoms with Crippen LogP contribution in [0.5, 0.6) is 0 Å². The monoisotopic (exact) mass is 860 g/mol. The van der Waals surface area contributed by atoms with Gasteiger partial charge in [-0.1, -0.05) is 204 Å². The quantitative estimate of drug-likeness (QED) is 0.122. The summed E-state index contributed by atoms with van der Waals surface area (Å²) in [6.07, 6.45) is 0. The topological polar surface area (TPSA) is 0 Å². The first-order valence-electron chi connectivity index (χ1n) is 24.6. The molecule has 316 valence electrons. The summed E-state index contributed by atoms with van der Waals surface area (Å²) in [5, 5.41) is 29.9. The molecule has 0 unspecified atom stereocenters. The van der Waals surface area contributed by atoms with Crippen LogP contribution in [0.3, 0.4) is 0 Å². The van der Waals surface area contributed by atoms with Gasteiger partial charge in [0.05, 0.1) is 0 Å². The summed E-state index contributed by atoms with van der Waals surface area (Å²) >= 11 is 0. The van der Waals surface area contributed by atoms with Gasteiger partial charge in [-0.2, -0.15) is 0 Å². The summed E-state index contributed by atoms with van der Waals surface area (Å²) in [5.41, 5.74) is 13.8. The zero-order chi connectivity index (χ0) is 44.8. The molecule has 0 bridgehead atoms.